The number of pyridine rings is 1. The first kappa shape index (κ1) is 20.0. The van der Waals surface area contributed by atoms with E-state index in [1.807, 2.05) is 6.07 Å². The molecule has 0 fully saturated rings. The summed E-state index contributed by atoms with van der Waals surface area (Å²) in [5.74, 6) is 0.0992. The van der Waals surface area contributed by atoms with Gasteiger partial charge in [-0.2, -0.15) is 0 Å². The van der Waals surface area contributed by atoms with Crippen molar-refractivity contribution in [2.75, 3.05) is 18.4 Å². The number of carbonyl (C=O) groups excluding carboxylic acids is 1. The van der Waals surface area contributed by atoms with E-state index >= 15 is 0 Å². The topological polar surface area (TPSA) is 74.2 Å². The van der Waals surface area contributed by atoms with Crippen LogP contribution in [-0.2, 0) is 17.6 Å². The van der Waals surface area contributed by atoms with Gasteiger partial charge in [0.05, 0.1) is 5.52 Å². The van der Waals surface area contributed by atoms with E-state index in [1.165, 1.54) is 41.2 Å². The number of amides is 1. The second-order valence-electron chi connectivity index (χ2n) is 7.63. The summed E-state index contributed by atoms with van der Waals surface area (Å²) in [6, 6.07) is 15.0. The van der Waals surface area contributed by atoms with Crippen molar-refractivity contribution in [3.05, 3.63) is 71.4 Å². The first-order valence-corrected chi connectivity index (χ1v) is 10.6. The van der Waals surface area contributed by atoms with Gasteiger partial charge in [-0.3, -0.25) is 9.78 Å². The van der Waals surface area contributed by atoms with Crippen LogP contribution >= 0.6 is 0 Å². The molecule has 1 aliphatic carbocycles. The minimum absolute atomic E-state index is 0.116. The number of fused-ring (bicyclic) bond motifs is 2. The predicted octanol–water partition coefficient (Wildman–Crippen LogP) is 4.45. The van der Waals surface area contributed by atoms with Gasteiger partial charge in [-0.05, 0) is 67.5 Å². The molecule has 0 radical (unpaired) electrons. The Labute approximate surface area is 176 Å². The van der Waals surface area contributed by atoms with Gasteiger partial charge in [0.15, 0.2) is 0 Å². The number of nitrogens with one attached hydrogen (secondary N) is 2. The van der Waals surface area contributed by atoms with E-state index in [2.05, 4.69) is 28.8 Å². The standard InChI is InChI=1S/C25H27N3O2/c29-19-13-10-18(11-14-19)12-15-24(30)26-16-5-17-27-25-20-6-1-3-8-22(20)28-23-9-4-2-7-21(23)25/h1,3,6,8,10-15,29H,2,4-5,7,9,16-17H2,(H,26,30)(H,27,28)/b15-12+. The molecule has 0 aliphatic heterocycles. The molecule has 3 N–H and O–H groups in total. The summed E-state index contributed by atoms with van der Waals surface area (Å²) in [5, 5.41) is 17.0. The van der Waals surface area contributed by atoms with Gasteiger partial charge >= 0.3 is 0 Å². The van der Waals surface area contributed by atoms with Crippen molar-refractivity contribution in [2.45, 2.75) is 32.1 Å². The highest BCUT2D eigenvalue weighted by Crippen LogP contribution is 2.33. The molecule has 4 rings (SSSR count). The molecule has 1 heterocycles. The minimum atomic E-state index is -0.116. The van der Waals surface area contributed by atoms with E-state index in [1.54, 1.807) is 30.3 Å². The molecule has 30 heavy (non-hydrogen) atoms. The van der Waals surface area contributed by atoms with Crippen molar-refractivity contribution in [3.8, 4) is 5.75 Å². The van der Waals surface area contributed by atoms with Gasteiger partial charge in [-0.1, -0.05) is 30.3 Å². The van der Waals surface area contributed by atoms with Crippen molar-refractivity contribution in [2.24, 2.45) is 0 Å². The zero-order valence-corrected chi connectivity index (χ0v) is 17.0. The summed E-state index contributed by atoms with van der Waals surface area (Å²) in [4.78, 5) is 16.9. The highest BCUT2D eigenvalue weighted by Gasteiger charge is 2.17. The minimum Gasteiger partial charge on any atom is -0.508 e. The Morgan fingerprint density at radius 3 is 2.70 bits per heavy atom. The maximum atomic E-state index is 12.0. The molecule has 0 atom stereocenters. The molecule has 1 aliphatic rings. The van der Waals surface area contributed by atoms with Gasteiger partial charge in [0.1, 0.15) is 5.75 Å². The van der Waals surface area contributed by atoms with Crippen LogP contribution in [0.1, 0.15) is 36.1 Å². The first-order valence-electron chi connectivity index (χ1n) is 10.6. The number of hydrogen-bond acceptors (Lipinski definition) is 4. The lowest BCUT2D eigenvalue weighted by Gasteiger charge is -2.21. The summed E-state index contributed by atoms with van der Waals surface area (Å²) < 4.78 is 0. The summed E-state index contributed by atoms with van der Waals surface area (Å²) in [6.07, 6.45) is 8.65. The normalized spacial score (nSPS) is 13.3. The Morgan fingerprint density at radius 2 is 1.83 bits per heavy atom. The summed E-state index contributed by atoms with van der Waals surface area (Å²) in [5.41, 5.74) is 5.73. The highest BCUT2D eigenvalue weighted by atomic mass is 16.3. The van der Waals surface area contributed by atoms with E-state index in [4.69, 9.17) is 4.98 Å². The summed E-state index contributed by atoms with van der Waals surface area (Å²) in [6.45, 7) is 1.40. The number of aryl methyl sites for hydroxylation is 1. The number of aromatic hydroxyl groups is 1. The quantitative estimate of drug-likeness (QED) is 0.404. The zero-order chi connectivity index (χ0) is 20.8. The van der Waals surface area contributed by atoms with Crippen LogP contribution in [0.4, 0.5) is 5.69 Å². The summed E-state index contributed by atoms with van der Waals surface area (Å²) in [7, 11) is 0. The highest BCUT2D eigenvalue weighted by molar-refractivity contribution is 5.93. The second kappa shape index (κ2) is 9.44. The lowest BCUT2D eigenvalue weighted by molar-refractivity contribution is -0.116. The van der Waals surface area contributed by atoms with E-state index < -0.39 is 0 Å². The predicted molar refractivity (Wildman–Crippen MR) is 122 cm³/mol. The van der Waals surface area contributed by atoms with Gasteiger partial charge in [-0.15, -0.1) is 0 Å². The van der Waals surface area contributed by atoms with Crippen molar-refractivity contribution in [3.63, 3.8) is 0 Å². The smallest absolute Gasteiger partial charge is 0.244 e. The van der Waals surface area contributed by atoms with Crippen molar-refractivity contribution >= 4 is 28.6 Å². The van der Waals surface area contributed by atoms with Gasteiger partial charge in [0.25, 0.3) is 0 Å². The van der Waals surface area contributed by atoms with E-state index in [0.717, 1.165) is 36.9 Å². The number of benzene rings is 2. The Hall–Kier alpha value is -3.34. The van der Waals surface area contributed by atoms with E-state index in [9.17, 15) is 9.90 Å². The Bertz CT molecular complexity index is 1060. The number of anilines is 1. The van der Waals surface area contributed by atoms with Crippen LogP contribution in [0.3, 0.4) is 0 Å². The number of aromatic nitrogens is 1. The SMILES string of the molecule is O=C(/C=C/c1ccc(O)cc1)NCCCNc1c2c(nc3ccccc13)CCCC2. The molecule has 3 aromatic rings. The van der Waals surface area contributed by atoms with Crippen LogP contribution < -0.4 is 10.6 Å². The largest absolute Gasteiger partial charge is 0.508 e. The van der Waals surface area contributed by atoms with Crippen LogP contribution in [-0.4, -0.2) is 29.1 Å². The first-order chi connectivity index (χ1) is 14.7. The van der Waals surface area contributed by atoms with Gasteiger partial charge in [-0.25, -0.2) is 0 Å². The van der Waals surface area contributed by atoms with Crippen molar-refractivity contribution in [1.82, 2.24) is 10.3 Å². The molecule has 5 nitrogen and oxygen atoms in total. The molecule has 154 valence electrons. The number of nitrogens with zero attached hydrogens (tertiary/aromatic N) is 1. The average Bonchev–Trinajstić information content (AvgIpc) is 2.78. The second-order valence-corrected chi connectivity index (χ2v) is 7.63. The van der Waals surface area contributed by atoms with E-state index in [-0.39, 0.29) is 11.7 Å². The van der Waals surface area contributed by atoms with Crippen LogP contribution in [0, 0.1) is 0 Å². The maximum Gasteiger partial charge on any atom is 0.244 e. The van der Waals surface area contributed by atoms with Crippen molar-refractivity contribution < 1.29 is 9.90 Å². The zero-order valence-electron chi connectivity index (χ0n) is 17.0. The number of phenolic OH excluding ortho intramolecular Hbond substituents is 1. The monoisotopic (exact) mass is 401 g/mol. The molecule has 1 aromatic heterocycles. The van der Waals surface area contributed by atoms with Crippen LogP contribution in [0.25, 0.3) is 17.0 Å². The maximum absolute atomic E-state index is 12.0. The third kappa shape index (κ3) is 4.79. The molecule has 0 saturated carbocycles. The van der Waals surface area contributed by atoms with Crippen molar-refractivity contribution in [1.29, 1.82) is 0 Å². The molecule has 0 bridgehead atoms. The Balaban J connectivity index is 1.31. The number of phenols is 1. The van der Waals surface area contributed by atoms with Crippen LogP contribution in [0.5, 0.6) is 5.75 Å². The Morgan fingerprint density at radius 1 is 1.03 bits per heavy atom. The fourth-order valence-electron chi connectivity index (χ4n) is 3.90. The number of hydrogen-bond donors (Lipinski definition) is 3. The molecule has 5 heteroatoms. The lowest BCUT2D eigenvalue weighted by Crippen LogP contribution is -2.24. The van der Waals surface area contributed by atoms with Gasteiger partial charge < -0.3 is 15.7 Å². The van der Waals surface area contributed by atoms with Crippen LogP contribution in [0.2, 0.25) is 0 Å². The van der Waals surface area contributed by atoms with Gasteiger partial charge in [0, 0.05) is 35.9 Å². The third-order valence-electron chi connectivity index (χ3n) is 5.44. The molecule has 0 saturated heterocycles. The molecular weight excluding hydrogens is 374 g/mol. The number of carbonyl (C=O) groups is 1. The lowest BCUT2D eigenvalue weighted by atomic mass is 9.92. The average molecular weight is 402 g/mol. The van der Waals surface area contributed by atoms with Crippen LogP contribution in [0.15, 0.2) is 54.6 Å². The third-order valence-corrected chi connectivity index (χ3v) is 5.44. The fraction of sp³-hybridized carbons (Fsp3) is 0.280. The molecular formula is C25H27N3O2. The Kier molecular flexibility index (Phi) is 6.28. The molecule has 0 unspecified atom stereocenters. The van der Waals surface area contributed by atoms with E-state index in [0.29, 0.717) is 6.54 Å². The number of rotatable bonds is 7. The van der Waals surface area contributed by atoms with Gasteiger partial charge in [0.2, 0.25) is 5.91 Å². The molecule has 0 spiro atoms. The molecule has 1 amide bonds. The summed E-state index contributed by atoms with van der Waals surface area (Å²) >= 11 is 0. The molecule has 2 aromatic carbocycles. The fourth-order valence-corrected chi connectivity index (χ4v) is 3.90. The number of para-hydroxylation sites is 1.